The van der Waals surface area contributed by atoms with E-state index < -0.39 is 0 Å². The van der Waals surface area contributed by atoms with E-state index in [9.17, 15) is 4.39 Å². The second-order valence-electron chi connectivity index (χ2n) is 3.81. The molecule has 1 heterocycles. The van der Waals surface area contributed by atoms with Crippen LogP contribution in [0, 0.1) is 12.7 Å². The van der Waals surface area contributed by atoms with E-state index in [4.69, 9.17) is 4.42 Å². The minimum Gasteiger partial charge on any atom is -0.421 e. The zero-order chi connectivity index (χ0) is 12.3. The van der Waals surface area contributed by atoms with Gasteiger partial charge in [-0.05, 0) is 31.7 Å². The van der Waals surface area contributed by atoms with Gasteiger partial charge in [0.05, 0.1) is 0 Å². The molecule has 0 unspecified atom stereocenters. The minimum absolute atomic E-state index is 0.305. The van der Waals surface area contributed by atoms with Gasteiger partial charge in [-0.1, -0.05) is 6.07 Å². The Kier molecular flexibility index (Phi) is 3.49. The Bertz CT molecular complexity index is 510. The maximum atomic E-state index is 13.1. The first-order valence-corrected chi connectivity index (χ1v) is 5.44. The highest BCUT2D eigenvalue weighted by molar-refractivity contribution is 5.57. The molecule has 90 valence electrons. The molecule has 0 aliphatic carbocycles. The lowest BCUT2D eigenvalue weighted by atomic mass is 10.1. The maximum absolute atomic E-state index is 13.1. The number of halogens is 1. The summed E-state index contributed by atoms with van der Waals surface area (Å²) >= 11 is 0. The zero-order valence-corrected chi connectivity index (χ0v) is 9.83. The smallest absolute Gasteiger partial charge is 0.248 e. The van der Waals surface area contributed by atoms with E-state index in [1.807, 2.05) is 14.0 Å². The van der Waals surface area contributed by atoms with Gasteiger partial charge in [0.15, 0.2) is 0 Å². The second kappa shape index (κ2) is 5.05. The average molecular weight is 235 g/mol. The summed E-state index contributed by atoms with van der Waals surface area (Å²) in [4.78, 5) is 0. The summed E-state index contributed by atoms with van der Waals surface area (Å²) in [6.07, 6.45) is 0.665. The fourth-order valence-corrected chi connectivity index (χ4v) is 1.52. The van der Waals surface area contributed by atoms with Crippen LogP contribution >= 0.6 is 0 Å². The third-order valence-corrected chi connectivity index (χ3v) is 2.49. The summed E-state index contributed by atoms with van der Waals surface area (Å²) in [5, 5.41) is 10.8. The molecule has 17 heavy (non-hydrogen) atoms. The summed E-state index contributed by atoms with van der Waals surface area (Å²) in [7, 11) is 1.86. The molecule has 0 saturated carbocycles. The van der Waals surface area contributed by atoms with Crippen LogP contribution in [0.3, 0.4) is 0 Å². The molecule has 5 heteroatoms. The van der Waals surface area contributed by atoms with Crippen molar-refractivity contribution in [1.82, 2.24) is 15.5 Å². The number of nitrogens with zero attached hydrogens (tertiary/aromatic N) is 2. The third kappa shape index (κ3) is 2.68. The van der Waals surface area contributed by atoms with Crippen molar-refractivity contribution in [3.63, 3.8) is 0 Å². The van der Waals surface area contributed by atoms with Crippen LogP contribution in [0.2, 0.25) is 0 Å². The van der Waals surface area contributed by atoms with Gasteiger partial charge >= 0.3 is 0 Å². The molecule has 0 fully saturated rings. The van der Waals surface area contributed by atoms with E-state index in [2.05, 4.69) is 15.5 Å². The highest BCUT2D eigenvalue weighted by Crippen LogP contribution is 2.22. The number of likely N-dealkylation sites (N-methyl/N-ethyl adjacent to an activating group) is 1. The second-order valence-corrected chi connectivity index (χ2v) is 3.81. The lowest BCUT2D eigenvalue weighted by molar-refractivity contribution is 0.499. The van der Waals surface area contributed by atoms with E-state index in [1.165, 1.54) is 12.1 Å². The van der Waals surface area contributed by atoms with Crippen LogP contribution < -0.4 is 5.32 Å². The van der Waals surface area contributed by atoms with Gasteiger partial charge in [0.25, 0.3) is 0 Å². The molecule has 1 aromatic carbocycles. The Hall–Kier alpha value is -1.75. The Morgan fingerprint density at radius 3 is 2.94 bits per heavy atom. The van der Waals surface area contributed by atoms with Crippen LogP contribution in [-0.2, 0) is 6.42 Å². The first-order valence-electron chi connectivity index (χ1n) is 5.44. The van der Waals surface area contributed by atoms with Crippen molar-refractivity contribution in [1.29, 1.82) is 0 Å². The molecule has 4 nitrogen and oxygen atoms in total. The SMILES string of the molecule is CNCCc1nnc(-c2cc(F)ccc2C)o1. The number of nitrogens with one attached hydrogen (secondary N) is 1. The number of rotatable bonds is 4. The number of hydrogen-bond donors (Lipinski definition) is 1. The summed E-state index contributed by atoms with van der Waals surface area (Å²) in [6, 6.07) is 4.52. The Morgan fingerprint density at radius 2 is 2.18 bits per heavy atom. The van der Waals surface area contributed by atoms with E-state index in [1.54, 1.807) is 6.07 Å². The summed E-state index contributed by atoms with van der Waals surface area (Å²) in [5.74, 6) is 0.617. The summed E-state index contributed by atoms with van der Waals surface area (Å²) < 4.78 is 18.6. The number of hydrogen-bond acceptors (Lipinski definition) is 4. The van der Waals surface area contributed by atoms with Crippen LogP contribution in [0.25, 0.3) is 11.5 Å². The molecular formula is C12H14FN3O. The average Bonchev–Trinajstić information content (AvgIpc) is 2.78. The first-order chi connectivity index (χ1) is 8.20. The van der Waals surface area contributed by atoms with Gasteiger partial charge in [-0.2, -0.15) is 0 Å². The molecule has 0 aliphatic heterocycles. The van der Waals surface area contributed by atoms with Gasteiger partial charge in [-0.15, -0.1) is 10.2 Å². The van der Waals surface area contributed by atoms with Crippen LogP contribution in [-0.4, -0.2) is 23.8 Å². The van der Waals surface area contributed by atoms with Crippen molar-refractivity contribution in [2.45, 2.75) is 13.3 Å². The number of aryl methyl sites for hydroxylation is 1. The van der Waals surface area contributed by atoms with Gasteiger partial charge in [0.1, 0.15) is 5.82 Å². The molecule has 0 amide bonds. The Balaban J connectivity index is 2.27. The molecule has 2 rings (SSSR count). The van der Waals surface area contributed by atoms with Crippen LogP contribution in [0.4, 0.5) is 4.39 Å². The lowest BCUT2D eigenvalue weighted by Gasteiger charge is -2.00. The predicted molar refractivity (Wildman–Crippen MR) is 62.1 cm³/mol. The van der Waals surface area contributed by atoms with Crippen LogP contribution in [0.15, 0.2) is 22.6 Å². The zero-order valence-electron chi connectivity index (χ0n) is 9.83. The number of benzene rings is 1. The molecule has 0 radical (unpaired) electrons. The molecule has 2 aromatic rings. The quantitative estimate of drug-likeness (QED) is 0.880. The van der Waals surface area contributed by atoms with Crippen molar-refractivity contribution in [3.05, 3.63) is 35.5 Å². The summed E-state index contributed by atoms with van der Waals surface area (Å²) in [5.41, 5.74) is 1.56. The van der Waals surface area contributed by atoms with Crippen molar-refractivity contribution < 1.29 is 8.81 Å². The first kappa shape index (κ1) is 11.7. The fraction of sp³-hybridized carbons (Fsp3) is 0.333. The predicted octanol–water partition coefficient (Wildman–Crippen LogP) is 1.95. The Labute approximate surface area is 98.9 Å². The maximum Gasteiger partial charge on any atom is 0.248 e. The van der Waals surface area contributed by atoms with E-state index >= 15 is 0 Å². The van der Waals surface area contributed by atoms with Gasteiger partial charge in [0, 0.05) is 18.5 Å². The fourth-order valence-electron chi connectivity index (χ4n) is 1.52. The lowest BCUT2D eigenvalue weighted by Crippen LogP contribution is -2.10. The molecule has 1 N–H and O–H groups in total. The number of aromatic nitrogens is 2. The van der Waals surface area contributed by atoms with E-state index in [-0.39, 0.29) is 5.82 Å². The molecule has 0 atom stereocenters. The topological polar surface area (TPSA) is 51.0 Å². The minimum atomic E-state index is -0.305. The van der Waals surface area contributed by atoms with Gasteiger partial charge in [0.2, 0.25) is 11.8 Å². The normalized spacial score (nSPS) is 10.8. The largest absolute Gasteiger partial charge is 0.421 e. The van der Waals surface area contributed by atoms with Gasteiger partial charge in [-0.3, -0.25) is 0 Å². The van der Waals surface area contributed by atoms with E-state index in [0.717, 1.165) is 12.1 Å². The van der Waals surface area contributed by atoms with Crippen LogP contribution in [0.1, 0.15) is 11.5 Å². The van der Waals surface area contributed by atoms with Gasteiger partial charge < -0.3 is 9.73 Å². The Morgan fingerprint density at radius 1 is 1.35 bits per heavy atom. The van der Waals surface area contributed by atoms with Crippen molar-refractivity contribution in [3.8, 4) is 11.5 Å². The standard InChI is InChI=1S/C12H14FN3O/c1-8-3-4-9(13)7-10(8)12-16-15-11(17-12)5-6-14-2/h3-4,7,14H,5-6H2,1-2H3. The van der Waals surface area contributed by atoms with Crippen molar-refractivity contribution in [2.75, 3.05) is 13.6 Å². The molecule has 0 aliphatic rings. The highest BCUT2D eigenvalue weighted by Gasteiger charge is 2.11. The van der Waals surface area contributed by atoms with E-state index in [0.29, 0.717) is 23.8 Å². The molecule has 0 saturated heterocycles. The molecule has 0 bridgehead atoms. The molecular weight excluding hydrogens is 221 g/mol. The molecule has 1 aromatic heterocycles. The summed E-state index contributed by atoms with van der Waals surface area (Å²) in [6.45, 7) is 2.65. The van der Waals surface area contributed by atoms with Crippen molar-refractivity contribution in [2.24, 2.45) is 0 Å². The monoisotopic (exact) mass is 235 g/mol. The third-order valence-electron chi connectivity index (χ3n) is 2.49. The van der Waals surface area contributed by atoms with Crippen molar-refractivity contribution >= 4 is 0 Å². The molecule has 0 spiro atoms. The van der Waals surface area contributed by atoms with Crippen LogP contribution in [0.5, 0.6) is 0 Å². The highest BCUT2D eigenvalue weighted by atomic mass is 19.1. The van der Waals surface area contributed by atoms with Gasteiger partial charge in [-0.25, -0.2) is 4.39 Å².